The summed E-state index contributed by atoms with van der Waals surface area (Å²) in [5.74, 6) is -0.0675. The Morgan fingerprint density at radius 1 is 1.33 bits per heavy atom. The summed E-state index contributed by atoms with van der Waals surface area (Å²) in [5.41, 5.74) is 0. The second-order valence-corrected chi connectivity index (χ2v) is 4.92. The molecule has 0 fully saturated rings. The first kappa shape index (κ1) is 14.6. The van der Waals surface area contributed by atoms with Gasteiger partial charge in [0.05, 0.1) is 17.9 Å². The predicted octanol–water partition coefficient (Wildman–Crippen LogP) is 2.56. The zero-order valence-corrected chi connectivity index (χ0v) is 11.3. The Morgan fingerprint density at radius 3 is 2.27 bits per heavy atom. The van der Waals surface area contributed by atoms with Crippen molar-refractivity contribution in [2.45, 2.75) is 38.4 Å². The van der Waals surface area contributed by atoms with Crippen LogP contribution in [0, 0.1) is 11.8 Å². The minimum Gasteiger partial charge on any atom is -0.469 e. The molecule has 0 aromatic rings. The molecule has 3 atom stereocenters. The van der Waals surface area contributed by atoms with E-state index in [0.717, 1.165) is 0 Å². The third-order valence-corrected chi connectivity index (χ3v) is 3.59. The van der Waals surface area contributed by atoms with Gasteiger partial charge in [-0.05, 0) is 12.3 Å². The molecule has 0 aromatic heterocycles. The second-order valence-electron chi connectivity index (χ2n) is 3.81. The fraction of sp³-hybridized carbons (Fsp3) is 0.818. The molecule has 0 spiro atoms. The van der Waals surface area contributed by atoms with Crippen molar-refractivity contribution in [2.24, 2.45) is 11.8 Å². The van der Waals surface area contributed by atoms with Crippen molar-refractivity contribution < 1.29 is 14.3 Å². The Labute approximate surface area is 99.7 Å². The lowest BCUT2D eigenvalue weighted by atomic mass is 9.90. The van der Waals surface area contributed by atoms with Gasteiger partial charge in [-0.2, -0.15) is 0 Å². The predicted molar refractivity (Wildman–Crippen MR) is 63.0 cm³/mol. The first-order valence-corrected chi connectivity index (χ1v) is 6.10. The van der Waals surface area contributed by atoms with E-state index in [1.807, 2.05) is 20.8 Å². The van der Waals surface area contributed by atoms with Gasteiger partial charge in [0.1, 0.15) is 5.78 Å². The molecule has 0 bridgehead atoms. The van der Waals surface area contributed by atoms with Crippen molar-refractivity contribution in [1.29, 1.82) is 0 Å². The van der Waals surface area contributed by atoms with Gasteiger partial charge in [-0.25, -0.2) is 0 Å². The number of esters is 1. The van der Waals surface area contributed by atoms with E-state index < -0.39 is 0 Å². The van der Waals surface area contributed by atoms with E-state index in [2.05, 4.69) is 20.7 Å². The number of Topliss-reactive ketones (excluding diaryl/α,β-unsaturated/α-hetero) is 1. The molecule has 15 heavy (non-hydrogen) atoms. The number of ether oxygens (including phenoxy) is 1. The van der Waals surface area contributed by atoms with Crippen molar-refractivity contribution in [3.63, 3.8) is 0 Å². The fourth-order valence-electron chi connectivity index (χ4n) is 1.30. The van der Waals surface area contributed by atoms with Crippen LogP contribution in [0.25, 0.3) is 0 Å². The summed E-state index contributed by atoms with van der Waals surface area (Å²) in [5, 5.41) is 0. The van der Waals surface area contributed by atoms with E-state index in [1.54, 1.807) is 0 Å². The summed E-state index contributed by atoms with van der Waals surface area (Å²) in [6.45, 7) is 5.62. The molecule has 0 aliphatic heterocycles. The monoisotopic (exact) mass is 278 g/mol. The van der Waals surface area contributed by atoms with Gasteiger partial charge in [-0.3, -0.25) is 9.59 Å². The lowest BCUT2D eigenvalue weighted by molar-refractivity contribution is -0.146. The van der Waals surface area contributed by atoms with Gasteiger partial charge in [0.25, 0.3) is 0 Å². The van der Waals surface area contributed by atoms with E-state index in [4.69, 9.17) is 0 Å². The molecule has 88 valence electrons. The third kappa shape index (κ3) is 4.78. The van der Waals surface area contributed by atoms with Crippen LogP contribution in [-0.2, 0) is 14.3 Å². The maximum absolute atomic E-state index is 11.3. The second kappa shape index (κ2) is 6.99. The van der Waals surface area contributed by atoms with Crippen molar-refractivity contribution in [3.8, 4) is 0 Å². The SMILES string of the molecule is CCC(=O)C(Br)CC(C)C(C)C(=O)OC. The first-order chi connectivity index (χ1) is 6.93. The molecule has 4 heteroatoms. The van der Waals surface area contributed by atoms with Crippen LogP contribution in [0.1, 0.15) is 33.6 Å². The van der Waals surface area contributed by atoms with Gasteiger partial charge in [-0.15, -0.1) is 0 Å². The number of rotatable bonds is 6. The van der Waals surface area contributed by atoms with E-state index in [1.165, 1.54) is 7.11 Å². The average molecular weight is 279 g/mol. The standard InChI is InChI=1S/C11H19BrO3/c1-5-10(13)9(12)6-7(2)8(3)11(14)15-4/h7-9H,5-6H2,1-4H3. The number of hydrogen-bond acceptors (Lipinski definition) is 3. The zero-order chi connectivity index (χ0) is 12.0. The number of carbonyl (C=O) groups excluding carboxylic acids is 2. The molecule has 0 heterocycles. The summed E-state index contributed by atoms with van der Waals surface area (Å²) in [7, 11) is 1.38. The van der Waals surface area contributed by atoms with Crippen molar-refractivity contribution in [1.82, 2.24) is 0 Å². The van der Waals surface area contributed by atoms with Crippen LogP contribution < -0.4 is 0 Å². The molecule has 3 unspecified atom stereocenters. The van der Waals surface area contributed by atoms with Crippen LogP contribution in [0.5, 0.6) is 0 Å². The van der Waals surface area contributed by atoms with Gasteiger partial charge < -0.3 is 4.74 Å². The number of ketones is 1. The molecule has 0 saturated carbocycles. The first-order valence-electron chi connectivity index (χ1n) is 5.18. The molecule has 0 aliphatic rings. The Bertz CT molecular complexity index is 228. The normalized spacial score (nSPS) is 16.6. The molecule has 0 aliphatic carbocycles. The van der Waals surface area contributed by atoms with Crippen molar-refractivity contribution in [2.75, 3.05) is 7.11 Å². The van der Waals surface area contributed by atoms with Crippen molar-refractivity contribution >= 4 is 27.7 Å². The van der Waals surface area contributed by atoms with Crippen LogP contribution in [0.3, 0.4) is 0 Å². The highest BCUT2D eigenvalue weighted by molar-refractivity contribution is 9.10. The largest absolute Gasteiger partial charge is 0.469 e. The van der Waals surface area contributed by atoms with E-state index in [-0.39, 0.29) is 28.4 Å². The van der Waals surface area contributed by atoms with Gasteiger partial charge >= 0.3 is 5.97 Å². The van der Waals surface area contributed by atoms with E-state index in [9.17, 15) is 9.59 Å². The van der Waals surface area contributed by atoms with Gasteiger partial charge in [0.15, 0.2) is 0 Å². The molecule has 0 amide bonds. The highest BCUT2D eigenvalue weighted by Gasteiger charge is 2.25. The summed E-state index contributed by atoms with van der Waals surface area (Å²) in [6.07, 6.45) is 1.19. The summed E-state index contributed by atoms with van der Waals surface area (Å²) < 4.78 is 4.66. The summed E-state index contributed by atoms with van der Waals surface area (Å²) >= 11 is 3.34. The molecule has 0 rings (SSSR count). The van der Waals surface area contributed by atoms with Crippen LogP contribution in [0.4, 0.5) is 0 Å². The molecule has 0 aromatic carbocycles. The third-order valence-electron chi connectivity index (χ3n) is 2.70. The quantitative estimate of drug-likeness (QED) is 0.554. The Kier molecular flexibility index (Phi) is 6.81. The van der Waals surface area contributed by atoms with E-state index in [0.29, 0.717) is 12.8 Å². The van der Waals surface area contributed by atoms with Gasteiger partial charge in [0.2, 0.25) is 0 Å². The van der Waals surface area contributed by atoms with E-state index >= 15 is 0 Å². The van der Waals surface area contributed by atoms with Crippen LogP contribution in [0.15, 0.2) is 0 Å². The molecule has 0 N–H and O–H groups in total. The van der Waals surface area contributed by atoms with Crippen LogP contribution >= 0.6 is 15.9 Å². The highest BCUT2D eigenvalue weighted by atomic mass is 79.9. The topological polar surface area (TPSA) is 43.4 Å². The highest BCUT2D eigenvalue weighted by Crippen LogP contribution is 2.22. The smallest absolute Gasteiger partial charge is 0.308 e. The minimum atomic E-state index is -0.217. The Morgan fingerprint density at radius 2 is 1.87 bits per heavy atom. The van der Waals surface area contributed by atoms with Crippen molar-refractivity contribution in [3.05, 3.63) is 0 Å². The molecule has 0 saturated heterocycles. The number of hydrogen-bond donors (Lipinski definition) is 0. The molecule has 3 nitrogen and oxygen atoms in total. The minimum absolute atomic E-state index is 0.136. The Hall–Kier alpha value is -0.380. The number of alkyl halides is 1. The number of carbonyl (C=O) groups is 2. The summed E-state index contributed by atoms with van der Waals surface area (Å²) in [4.78, 5) is 22.4. The van der Waals surface area contributed by atoms with Gasteiger partial charge in [0, 0.05) is 6.42 Å². The van der Waals surface area contributed by atoms with Crippen LogP contribution in [-0.4, -0.2) is 23.7 Å². The lowest BCUT2D eigenvalue weighted by Gasteiger charge is -2.19. The Balaban J connectivity index is 4.17. The summed E-state index contributed by atoms with van der Waals surface area (Å²) in [6, 6.07) is 0. The maximum atomic E-state index is 11.3. The maximum Gasteiger partial charge on any atom is 0.308 e. The molecular formula is C11H19BrO3. The number of halogens is 1. The fourth-order valence-corrected chi connectivity index (χ4v) is 2.22. The molecular weight excluding hydrogens is 260 g/mol. The van der Waals surface area contributed by atoms with Gasteiger partial charge in [-0.1, -0.05) is 36.7 Å². The molecule has 0 radical (unpaired) electrons. The zero-order valence-electron chi connectivity index (χ0n) is 9.75. The lowest BCUT2D eigenvalue weighted by Crippen LogP contribution is -2.25. The van der Waals surface area contributed by atoms with Crippen LogP contribution in [0.2, 0.25) is 0 Å². The number of methoxy groups -OCH3 is 1. The average Bonchev–Trinajstić information content (AvgIpc) is 2.25.